The molecule has 166 valence electrons. The molecule has 2 aliphatic rings. The molecule has 0 N–H and O–H groups in total. The fourth-order valence-electron chi connectivity index (χ4n) is 5.23. The topological polar surface area (TPSA) is 77.1 Å². The van der Waals surface area contributed by atoms with Gasteiger partial charge in [0.1, 0.15) is 17.6 Å². The van der Waals surface area contributed by atoms with E-state index in [9.17, 15) is 19.7 Å². The van der Waals surface area contributed by atoms with Crippen molar-refractivity contribution in [2.24, 2.45) is 5.41 Å². The van der Waals surface area contributed by atoms with E-state index in [1.807, 2.05) is 41.3 Å². The quantitative estimate of drug-likeness (QED) is 0.517. The van der Waals surface area contributed by atoms with Crippen LogP contribution < -0.4 is 9.64 Å². The fraction of sp³-hybridized carbons (Fsp3) is 0.179. The fourth-order valence-corrected chi connectivity index (χ4v) is 5.23. The van der Waals surface area contributed by atoms with E-state index in [4.69, 9.17) is 4.74 Å². The van der Waals surface area contributed by atoms with Crippen LogP contribution in [0, 0.1) is 33.9 Å². The lowest BCUT2D eigenvalue weighted by molar-refractivity contribution is 0.0950. The number of Topliss-reactive ketones (excluding diaryl/α,β-unsaturated/α-hetero) is 1. The highest BCUT2D eigenvalue weighted by Gasteiger charge is 2.63. The number of halogens is 1. The minimum absolute atomic E-state index is 0.240. The minimum atomic E-state index is -1.57. The van der Waals surface area contributed by atoms with Gasteiger partial charge in [-0.2, -0.15) is 10.5 Å². The molecule has 1 saturated heterocycles. The number of hydrogen-bond acceptors (Lipinski definition) is 5. The van der Waals surface area contributed by atoms with Gasteiger partial charge in [0.25, 0.3) is 0 Å². The SMILES string of the molecule is COc1cccc(C(=O)C2C(c3ccc(F)cc3)C(C#N)(C#N)C3C=Cc4ccccc4N23)c1. The van der Waals surface area contributed by atoms with Crippen molar-refractivity contribution < 1.29 is 13.9 Å². The number of rotatable bonds is 4. The lowest BCUT2D eigenvalue weighted by atomic mass is 9.69. The number of benzene rings is 3. The predicted octanol–water partition coefficient (Wildman–Crippen LogP) is 5.12. The average Bonchev–Trinajstić information content (AvgIpc) is 3.19. The number of ketones is 1. The number of anilines is 1. The van der Waals surface area contributed by atoms with Gasteiger partial charge in [-0.3, -0.25) is 4.79 Å². The largest absolute Gasteiger partial charge is 0.497 e. The van der Waals surface area contributed by atoms with Crippen LogP contribution in [-0.2, 0) is 0 Å². The number of para-hydroxylation sites is 1. The second-order valence-electron chi connectivity index (χ2n) is 8.43. The van der Waals surface area contributed by atoms with Gasteiger partial charge in [-0.15, -0.1) is 0 Å². The van der Waals surface area contributed by atoms with Crippen LogP contribution in [0.25, 0.3) is 6.08 Å². The van der Waals surface area contributed by atoms with Gasteiger partial charge < -0.3 is 9.64 Å². The van der Waals surface area contributed by atoms with Crippen molar-refractivity contribution in [3.8, 4) is 17.9 Å². The van der Waals surface area contributed by atoms with Crippen LogP contribution in [0.5, 0.6) is 5.75 Å². The van der Waals surface area contributed by atoms with Gasteiger partial charge in [0.05, 0.1) is 25.3 Å². The molecule has 0 spiro atoms. The summed E-state index contributed by atoms with van der Waals surface area (Å²) in [6.45, 7) is 0. The molecule has 6 heteroatoms. The van der Waals surface area contributed by atoms with E-state index in [1.165, 1.54) is 19.2 Å². The summed E-state index contributed by atoms with van der Waals surface area (Å²) >= 11 is 0. The first-order valence-electron chi connectivity index (χ1n) is 10.9. The molecule has 0 amide bonds. The van der Waals surface area contributed by atoms with Gasteiger partial charge in [0, 0.05) is 17.2 Å². The molecule has 0 aliphatic carbocycles. The maximum absolute atomic E-state index is 14.1. The van der Waals surface area contributed by atoms with Gasteiger partial charge >= 0.3 is 0 Å². The van der Waals surface area contributed by atoms with E-state index in [2.05, 4.69) is 12.1 Å². The zero-order valence-corrected chi connectivity index (χ0v) is 18.4. The highest BCUT2D eigenvalue weighted by molar-refractivity contribution is 6.04. The second kappa shape index (κ2) is 8.17. The zero-order chi connectivity index (χ0) is 23.9. The van der Waals surface area contributed by atoms with E-state index >= 15 is 0 Å². The Labute approximate surface area is 196 Å². The van der Waals surface area contributed by atoms with Crippen LogP contribution in [0.15, 0.2) is 78.9 Å². The third kappa shape index (κ3) is 3.08. The van der Waals surface area contributed by atoms with Crippen LogP contribution in [0.1, 0.15) is 27.4 Å². The maximum atomic E-state index is 14.1. The van der Waals surface area contributed by atoms with E-state index < -0.39 is 29.2 Å². The van der Waals surface area contributed by atoms with E-state index in [1.54, 1.807) is 36.4 Å². The molecule has 5 nitrogen and oxygen atoms in total. The first kappa shape index (κ1) is 21.4. The van der Waals surface area contributed by atoms with Gasteiger partial charge in [0.2, 0.25) is 0 Å². The summed E-state index contributed by atoms with van der Waals surface area (Å²) < 4.78 is 19.1. The van der Waals surface area contributed by atoms with Crippen LogP contribution in [0.3, 0.4) is 0 Å². The highest BCUT2D eigenvalue weighted by atomic mass is 19.1. The maximum Gasteiger partial charge on any atom is 0.186 e. The first-order chi connectivity index (χ1) is 16.5. The number of fused-ring (bicyclic) bond motifs is 3. The van der Waals surface area contributed by atoms with Gasteiger partial charge in [-0.05, 0) is 41.5 Å². The molecule has 3 atom stereocenters. The van der Waals surface area contributed by atoms with E-state index in [-0.39, 0.29) is 5.78 Å². The van der Waals surface area contributed by atoms with Crippen LogP contribution in [0.4, 0.5) is 10.1 Å². The van der Waals surface area contributed by atoms with Crippen molar-refractivity contribution in [3.05, 3.63) is 101 Å². The molecule has 0 aromatic heterocycles. The summed E-state index contributed by atoms with van der Waals surface area (Å²) in [4.78, 5) is 16.0. The molecule has 2 aliphatic heterocycles. The molecule has 3 aromatic carbocycles. The average molecular weight is 449 g/mol. The Bertz CT molecular complexity index is 1370. The van der Waals surface area contributed by atoms with Crippen LogP contribution in [0.2, 0.25) is 0 Å². The number of methoxy groups -OCH3 is 1. The highest BCUT2D eigenvalue weighted by Crippen LogP contribution is 2.55. The lowest BCUT2D eigenvalue weighted by Gasteiger charge is -2.35. The molecular weight excluding hydrogens is 429 g/mol. The number of carbonyl (C=O) groups is 1. The Kier molecular flexibility index (Phi) is 5.15. The normalized spacial score (nSPS) is 21.6. The van der Waals surface area contributed by atoms with Crippen LogP contribution >= 0.6 is 0 Å². The van der Waals surface area contributed by atoms with E-state index in [0.29, 0.717) is 16.9 Å². The molecular formula is C28H20FN3O2. The molecule has 0 radical (unpaired) electrons. The van der Waals surface area contributed by atoms with Crippen molar-refractivity contribution in [2.45, 2.75) is 18.0 Å². The Balaban J connectivity index is 1.77. The van der Waals surface area contributed by atoms with Crippen molar-refractivity contribution in [3.63, 3.8) is 0 Å². The summed E-state index contributed by atoms with van der Waals surface area (Å²) in [6, 6.07) is 23.1. The molecule has 5 rings (SSSR count). The zero-order valence-electron chi connectivity index (χ0n) is 18.4. The summed E-state index contributed by atoms with van der Waals surface area (Å²) in [5.41, 5.74) is 1.07. The van der Waals surface area contributed by atoms with Crippen molar-refractivity contribution >= 4 is 17.5 Å². The molecule has 2 heterocycles. The summed E-state index contributed by atoms with van der Waals surface area (Å²) in [5.74, 6) is -0.956. The molecule has 34 heavy (non-hydrogen) atoms. The lowest BCUT2D eigenvalue weighted by Crippen LogP contribution is -2.44. The Hall–Kier alpha value is -4.42. The van der Waals surface area contributed by atoms with Gasteiger partial charge in [-0.25, -0.2) is 4.39 Å². The smallest absolute Gasteiger partial charge is 0.186 e. The number of ether oxygens (including phenoxy) is 1. The third-order valence-electron chi connectivity index (χ3n) is 6.77. The number of nitriles is 2. The first-order valence-corrected chi connectivity index (χ1v) is 10.9. The third-order valence-corrected chi connectivity index (χ3v) is 6.77. The molecule has 3 aromatic rings. The van der Waals surface area contributed by atoms with Gasteiger partial charge in [0.15, 0.2) is 11.2 Å². The molecule has 0 saturated carbocycles. The monoisotopic (exact) mass is 449 g/mol. The number of nitrogens with zero attached hydrogens (tertiary/aromatic N) is 3. The molecule has 1 fully saturated rings. The number of carbonyl (C=O) groups excluding carboxylic acids is 1. The van der Waals surface area contributed by atoms with Crippen molar-refractivity contribution in [1.29, 1.82) is 10.5 Å². The van der Waals surface area contributed by atoms with Crippen LogP contribution in [-0.4, -0.2) is 25.0 Å². The molecule has 3 unspecified atom stereocenters. The van der Waals surface area contributed by atoms with Crippen molar-refractivity contribution in [2.75, 3.05) is 12.0 Å². The standard InChI is InChI=1S/C28H20FN3O2/c1-34-22-7-4-6-20(15-22)27(33)26-25(19-9-12-21(29)13-10-19)28(16-30,17-31)24-14-11-18-5-2-3-8-23(18)32(24)26/h2-15,24-26H,1H3. The van der Waals surface area contributed by atoms with Gasteiger partial charge in [-0.1, -0.05) is 54.6 Å². The summed E-state index contributed by atoms with van der Waals surface area (Å²) in [5, 5.41) is 20.8. The Morgan fingerprint density at radius 3 is 2.47 bits per heavy atom. The summed E-state index contributed by atoms with van der Waals surface area (Å²) in [6.07, 6.45) is 3.71. The second-order valence-corrected chi connectivity index (χ2v) is 8.43. The Morgan fingerprint density at radius 2 is 1.76 bits per heavy atom. The minimum Gasteiger partial charge on any atom is -0.497 e. The van der Waals surface area contributed by atoms with E-state index in [0.717, 1.165) is 11.3 Å². The summed E-state index contributed by atoms with van der Waals surface area (Å²) in [7, 11) is 1.53. The molecule has 0 bridgehead atoms. The Morgan fingerprint density at radius 1 is 1.03 bits per heavy atom. The van der Waals surface area contributed by atoms with Crippen molar-refractivity contribution in [1.82, 2.24) is 0 Å². The number of hydrogen-bond donors (Lipinski definition) is 0. The predicted molar refractivity (Wildman–Crippen MR) is 126 cm³/mol.